The molecule has 0 spiro atoms. The summed E-state index contributed by atoms with van der Waals surface area (Å²) in [5.74, 6) is 1.43. The summed E-state index contributed by atoms with van der Waals surface area (Å²) < 4.78 is 0. The van der Waals surface area contributed by atoms with Crippen molar-refractivity contribution in [2.45, 2.75) is 39.7 Å². The molecule has 1 heterocycles. The van der Waals surface area contributed by atoms with E-state index in [-0.39, 0.29) is 5.41 Å². The van der Waals surface area contributed by atoms with Crippen LogP contribution in [0.5, 0.6) is 0 Å². The van der Waals surface area contributed by atoms with Crippen LogP contribution >= 0.6 is 0 Å². The Hall–Kier alpha value is -1.68. The van der Waals surface area contributed by atoms with E-state index in [0.717, 1.165) is 5.56 Å². The fraction of sp³-hybridized carbons (Fsp3) is 0.429. The van der Waals surface area contributed by atoms with E-state index in [1.54, 1.807) is 0 Å². The number of nitrogens with one attached hydrogen (secondary N) is 1. The fourth-order valence-electron chi connectivity index (χ4n) is 1.89. The van der Waals surface area contributed by atoms with E-state index in [1.807, 2.05) is 0 Å². The molecule has 0 saturated heterocycles. The lowest BCUT2D eigenvalue weighted by Gasteiger charge is -2.20. The van der Waals surface area contributed by atoms with E-state index in [1.165, 1.54) is 11.1 Å². The Morgan fingerprint density at radius 3 is 2.50 bits per heavy atom. The number of nitrogens with two attached hydrogens (primary N) is 1. The molecule has 4 heteroatoms. The molecule has 0 aliphatic heterocycles. The number of H-pyrrole nitrogens is 1. The topological polar surface area (TPSA) is 67.6 Å². The van der Waals surface area contributed by atoms with E-state index >= 15 is 0 Å². The largest absolute Gasteiger partial charge is 0.324 e. The molecule has 1 aromatic heterocycles. The molecule has 18 heavy (non-hydrogen) atoms. The van der Waals surface area contributed by atoms with Gasteiger partial charge in [0.2, 0.25) is 0 Å². The monoisotopic (exact) mass is 244 g/mol. The van der Waals surface area contributed by atoms with Crippen LogP contribution in [0.3, 0.4) is 0 Å². The minimum absolute atomic E-state index is 0.157. The Bertz CT molecular complexity index is 549. The lowest BCUT2D eigenvalue weighted by Crippen LogP contribution is -2.11. The summed E-state index contributed by atoms with van der Waals surface area (Å²) in [6.45, 7) is 9.09. The van der Waals surface area contributed by atoms with E-state index in [2.05, 4.69) is 61.1 Å². The standard InChI is InChI=1S/C14H20N4/c1-9-7-10(14(2,3)4)5-6-11(9)13-16-12(8-15)17-18-13/h5-7H,8,15H2,1-4H3,(H,16,17,18). The molecule has 2 aromatic rings. The van der Waals surface area contributed by atoms with Crippen molar-refractivity contribution in [1.29, 1.82) is 0 Å². The second kappa shape index (κ2) is 4.53. The number of rotatable bonds is 2. The van der Waals surface area contributed by atoms with Gasteiger partial charge in [0.05, 0.1) is 6.54 Å². The number of hydrogen-bond donors (Lipinski definition) is 2. The smallest absolute Gasteiger partial charge is 0.181 e. The number of hydrogen-bond acceptors (Lipinski definition) is 3. The van der Waals surface area contributed by atoms with Gasteiger partial charge in [-0.1, -0.05) is 39.0 Å². The van der Waals surface area contributed by atoms with Gasteiger partial charge in [0.1, 0.15) is 5.82 Å². The number of benzene rings is 1. The predicted molar refractivity (Wildman–Crippen MR) is 73.1 cm³/mol. The van der Waals surface area contributed by atoms with Gasteiger partial charge in [-0.25, -0.2) is 4.98 Å². The van der Waals surface area contributed by atoms with Crippen LogP contribution in [-0.2, 0) is 12.0 Å². The molecule has 2 rings (SSSR count). The molecule has 0 atom stereocenters. The van der Waals surface area contributed by atoms with E-state index in [4.69, 9.17) is 5.73 Å². The number of nitrogens with zero attached hydrogens (tertiary/aromatic N) is 2. The molecule has 0 radical (unpaired) electrons. The molecule has 96 valence electrons. The van der Waals surface area contributed by atoms with Crippen molar-refractivity contribution in [1.82, 2.24) is 15.2 Å². The Morgan fingerprint density at radius 2 is 2.00 bits per heavy atom. The predicted octanol–water partition coefficient (Wildman–Crippen LogP) is 2.54. The second-order valence-electron chi connectivity index (χ2n) is 5.59. The van der Waals surface area contributed by atoms with Gasteiger partial charge >= 0.3 is 0 Å². The highest BCUT2D eigenvalue weighted by molar-refractivity contribution is 5.60. The third kappa shape index (κ3) is 2.43. The van der Waals surface area contributed by atoms with Gasteiger partial charge in [-0.05, 0) is 23.5 Å². The lowest BCUT2D eigenvalue weighted by molar-refractivity contribution is 0.590. The molecule has 0 unspecified atom stereocenters. The third-order valence-corrected chi connectivity index (χ3v) is 3.06. The lowest BCUT2D eigenvalue weighted by atomic mass is 9.85. The summed E-state index contributed by atoms with van der Waals surface area (Å²) in [6, 6.07) is 6.42. The fourth-order valence-corrected chi connectivity index (χ4v) is 1.89. The summed E-state index contributed by atoms with van der Waals surface area (Å²) in [6.07, 6.45) is 0. The van der Waals surface area contributed by atoms with Crippen LogP contribution in [0.15, 0.2) is 18.2 Å². The maximum Gasteiger partial charge on any atom is 0.181 e. The van der Waals surface area contributed by atoms with Crippen LogP contribution in [0.25, 0.3) is 11.4 Å². The molecule has 0 amide bonds. The van der Waals surface area contributed by atoms with Crippen molar-refractivity contribution in [2.75, 3.05) is 0 Å². The van der Waals surface area contributed by atoms with Gasteiger partial charge in [0.15, 0.2) is 5.82 Å². The Kier molecular flexibility index (Phi) is 3.22. The van der Waals surface area contributed by atoms with Crippen molar-refractivity contribution in [2.24, 2.45) is 5.73 Å². The third-order valence-electron chi connectivity index (χ3n) is 3.06. The first-order valence-corrected chi connectivity index (χ1v) is 6.14. The molecule has 3 N–H and O–H groups in total. The minimum atomic E-state index is 0.157. The van der Waals surface area contributed by atoms with Crippen molar-refractivity contribution < 1.29 is 0 Å². The highest BCUT2D eigenvalue weighted by atomic mass is 15.2. The van der Waals surface area contributed by atoms with Crippen molar-refractivity contribution >= 4 is 0 Å². The average Bonchev–Trinajstić information content (AvgIpc) is 2.76. The average molecular weight is 244 g/mol. The zero-order chi connectivity index (χ0) is 13.3. The minimum Gasteiger partial charge on any atom is -0.324 e. The second-order valence-corrected chi connectivity index (χ2v) is 5.59. The summed E-state index contributed by atoms with van der Waals surface area (Å²) in [7, 11) is 0. The summed E-state index contributed by atoms with van der Waals surface area (Å²) in [5.41, 5.74) is 9.24. The number of aromatic amines is 1. The summed E-state index contributed by atoms with van der Waals surface area (Å²) >= 11 is 0. The van der Waals surface area contributed by atoms with Gasteiger partial charge in [-0.3, -0.25) is 5.10 Å². The Morgan fingerprint density at radius 1 is 1.28 bits per heavy atom. The normalized spacial score (nSPS) is 11.8. The molecule has 0 fully saturated rings. The first kappa shape index (κ1) is 12.8. The van der Waals surface area contributed by atoms with Gasteiger partial charge < -0.3 is 5.73 Å². The molecule has 0 bridgehead atoms. The van der Waals surface area contributed by atoms with Gasteiger partial charge in [0, 0.05) is 5.56 Å². The summed E-state index contributed by atoms with van der Waals surface area (Å²) in [4.78, 5) is 4.36. The maximum atomic E-state index is 5.53. The van der Waals surface area contributed by atoms with Gasteiger partial charge in [-0.2, -0.15) is 5.10 Å². The molecular formula is C14H20N4. The quantitative estimate of drug-likeness (QED) is 0.853. The molecule has 0 aliphatic rings. The molecule has 0 aliphatic carbocycles. The van der Waals surface area contributed by atoms with Crippen molar-refractivity contribution in [3.63, 3.8) is 0 Å². The van der Waals surface area contributed by atoms with Crippen LogP contribution < -0.4 is 5.73 Å². The van der Waals surface area contributed by atoms with Crippen LogP contribution in [-0.4, -0.2) is 15.2 Å². The Labute approximate surface area is 108 Å². The number of aryl methyl sites for hydroxylation is 1. The molecule has 4 nitrogen and oxygen atoms in total. The van der Waals surface area contributed by atoms with Crippen molar-refractivity contribution in [3.8, 4) is 11.4 Å². The van der Waals surface area contributed by atoms with Crippen LogP contribution in [0, 0.1) is 6.92 Å². The SMILES string of the molecule is Cc1cc(C(C)(C)C)ccc1-c1n[nH]c(CN)n1. The first-order valence-electron chi connectivity index (χ1n) is 6.14. The van der Waals surface area contributed by atoms with Gasteiger partial charge in [0.25, 0.3) is 0 Å². The highest BCUT2D eigenvalue weighted by Crippen LogP contribution is 2.27. The zero-order valence-corrected chi connectivity index (χ0v) is 11.4. The van der Waals surface area contributed by atoms with E-state index in [9.17, 15) is 0 Å². The van der Waals surface area contributed by atoms with Crippen molar-refractivity contribution in [3.05, 3.63) is 35.2 Å². The highest BCUT2D eigenvalue weighted by Gasteiger charge is 2.16. The molecule has 1 aromatic carbocycles. The molecule has 0 saturated carbocycles. The summed E-state index contributed by atoms with van der Waals surface area (Å²) in [5, 5.41) is 7.03. The van der Waals surface area contributed by atoms with Gasteiger partial charge in [-0.15, -0.1) is 0 Å². The number of aromatic nitrogens is 3. The maximum absolute atomic E-state index is 5.53. The van der Waals surface area contributed by atoms with E-state index < -0.39 is 0 Å². The van der Waals surface area contributed by atoms with Crippen LogP contribution in [0.1, 0.15) is 37.7 Å². The van der Waals surface area contributed by atoms with Crippen LogP contribution in [0.4, 0.5) is 0 Å². The Balaban J connectivity index is 2.41. The molecular weight excluding hydrogens is 224 g/mol. The first-order chi connectivity index (χ1) is 8.41. The zero-order valence-electron chi connectivity index (χ0n) is 11.4. The van der Waals surface area contributed by atoms with Crippen LogP contribution in [0.2, 0.25) is 0 Å². The van der Waals surface area contributed by atoms with E-state index in [0.29, 0.717) is 18.2 Å².